The molecule has 2 rings (SSSR count). The lowest BCUT2D eigenvalue weighted by Gasteiger charge is -2.20. The Kier molecular flexibility index (Phi) is 4.85. The van der Waals surface area contributed by atoms with Gasteiger partial charge >= 0.3 is 5.97 Å². The van der Waals surface area contributed by atoms with Crippen molar-refractivity contribution in [2.24, 2.45) is 0 Å². The van der Waals surface area contributed by atoms with E-state index in [-0.39, 0.29) is 18.2 Å². The number of amides is 2. The van der Waals surface area contributed by atoms with Crippen LogP contribution in [0.25, 0.3) is 0 Å². The van der Waals surface area contributed by atoms with Crippen molar-refractivity contribution in [2.45, 2.75) is 37.8 Å². The highest BCUT2D eigenvalue weighted by molar-refractivity contribution is 9.10. The van der Waals surface area contributed by atoms with E-state index < -0.39 is 17.6 Å². The zero-order chi connectivity index (χ0) is 16.3. The van der Waals surface area contributed by atoms with Gasteiger partial charge in [0.15, 0.2) is 0 Å². The van der Waals surface area contributed by atoms with Crippen molar-refractivity contribution in [2.75, 3.05) is 0 Å². The summed E-state index contributed by atoms with van der Waals surface area (Å²) in [6.45, 7) is 1.38. The monoisotopic (exact) mass is 368 g/mol. The van der Waals surface area contributed by atoms with E-state index in [1.165, 1.54) is 6.92 Å². The molecule has 1 atom stereocenters. The number of carbonyl (C=O) groups is 3. The number of rotatable bonds is 6. The number of carbonyl (C=O) groups excluding carboxylic acids is 2. The van der Waals surface area contributed by atoms with E-state index in [2.05, 4.69) is 26.6 Å². The first-order valence-corrected chi connectivity index (χ1v) is 7.69. The molecule has 7 heteroatoms. The van der Waals surface area contributed by atoms with Crippen molar-refractivity contribution in [3.8, 4) is 0 Å². The van der Waals surface area contributed by atoms with Gasteiger partial charge in [-0.1, -0.05) is 28.1 Å². The van der Waals surface area contributed by atoms with Gasteiger partial charge in [-0.15, -0.1) is 0 Å². The minimum atomic E-state index is -1.11. The van der Waals surface area contributed by atoms with Crippen LogP contribution in [0.3, 0.4) is 0 Å². The predicted molar refractivity (Wildman–Crippen MR) is 83.1 cm³/mol. The van der Waals surface area contributed by atoms with Crippen LogP contribution in [0, 0.1) is 0 Å². The van der Waals surface area contributed by atoms with Gasteiger partial charge in [-0.25, -0.2) is 4.79 Å². The molecule has 1 unspecified atom stereocenters. The molecule has 2 amide bonds. The van der Waals surface area contributed by atoms with E-state index in [1.807, 2.05) is 24.3 Å². The van der Waals surface area contributed by atoms with Crippen molar-refractivity contribution in [1.82, 2.24) is 10.6 Å². The Morgan fingerprint density at radius 3 is 2.32 bits per heavy atom. The minimum Gasteiger partial charge on any atom is -0.480 e. The normalized spacial score (nSPS) is 16.5. The average molecular weight is 369 g/mol. The van der Waals surface area contributed by atoms with Crippen molar-refractivity contribution in [3.05, 3.63) is 34.3 Å². The molecule has 0 aromatic heterocycles. The van der Waals surface area contributed by atoms with Crippen LogP contribution >= 0.6 is 15.9 Å². The summed E-state index contributed by atoms with van der Waals surface area (Å²) in [5, 5.41) is 14.4. The Morgan fingerprint density at radius 2 is 1.86 bits per heavy atom. The number of hydrogen-bond acceptors (Lipinski definition) is 3. The fraction of sp³-hybridized carbons (Fsp3) is 0.400. The van der Waals surface area contributed by atoms with Crippen LogP contribution in [0.15, 0.2) is 28.7 Å². The lowest BCUT2D eigenvalue weighted by Crippen LogP contribution is -2.44. The third-order valence-corrected chi connectivity index (χ3v) is 4.11. The van der Waals surface area contributed by atoms with Gasteiger partial charge in [-0.2, -0.15) is 0 Å². The SMILES string of the molecule is CC(=O)NC(CC(=O)NC1(C(=O)O)CC1)c1ccc(Br)cc1. The third kappa shape index (κ3) is 4.07. The smallest absolute Gasteiger partial charge is 0.329 e. The van der Waals surface area contributed by atoms with Gasteiger partial charge in [-0.3, -0.25) is 9.59 Å². The van der Waals surface area contributed by atoms with Crippen LogP contribution in [-0.2, 0) is 14.4 Å². The van der Waals surface area contributed by atoms with E-state index >= 15 is 0 Å². The Bertz CT molecular complexity index is 596. The highest BCUT2D eigenvalue weighted by Gasteiger charge is 2.51. The van der Waals surface area contributed by atoms with E-state index in [9.17, 15) is 14.4 Å². The fourth-order valence-electron chi connectivity index (χ4n) is 2.21. The summed E-state index contributed by atoms with van der Waals surface area (Å²) in [5.74, 6) is -1.65. The summed E-state index contributed by atoms with van der Waals surface area (Å²) in [7, 11) is 0. The van der Waals surface area contributed by atoms with Crippen LogP contribution in [0.1, 0.15) is 37.8 Å². The summed E-state index contributed by atoms with van der Waals surface area (Å²) < 4.78 is 0.894. The Labute approximate surface area is 136 Å². The molecular formula is C15H17BrN2O4. The molecule has 3 N–H and O–H groups in total. The number of halogens is 1. The summed E-state index contributed by atoms with van der Waals surface area (Å²) in [4.78, 5) is 34.5. The van der Waals surface area contributed by atoms with Crippen molar-refractivity contribution in [1.29, 1.82) is 0 Å². The van der Waals surface area contributed by atoms with Gasteiger partial charge in [0.1, 0.15) is 5.54 Å². The standard InChI is InChI=1S/C15H17BrN2O4/c1-9(19)17-12(10-2-4-11(16)5-3-10)8-13(20)18-15(6-7-15)14(21)22/h2-5,12H,6-8H2,1H3,(H,17,19)(H,18,20)(H,21,22). The molecule has 118 valence electrons. The summed E-state index contributed by atoms with van der Waals surface area (Å²) in [6, 6.07) is 6.77. The minimum absolute atomic E-state index is 0.00373. The predicted octanol–water partition coefficient (Wildman–Crippen LogP) is 1.75. The Hall–Kier alpha value is -1.89. The fourth-order valence-corrected chi connectivity index (χ4v) is 2.48. The second kappa shape index (κ2) is 6.48. The van der Waals surface area contributed by atoms with E-state index in [0.717, 1.165) is 10.0 Å². The first kappa shape index (κ1) is 16.5. The zero-order valence-electron chi connectivity index (χ0n) is 12.1. The number of aliphatic carboxylic acids is 1. The van der Waals surface area contributed by atoms with Crippen molar-refractivity contribution in [3.63, 3.8) is 0 Å². The molecule has 1 fully saturated rings. The highest BCUT2D eigenvalue weighted by atomic mass is 79.9. The number of carboxylic acids is 1. The van der Waals surface area contributed by atoms with Crippen LogP contribution in [-0.4, -0.2) is 28.4 Å². The molecule has 0 radical (unpaired) electrons. The Morgan fingerprint density at radius 1 is 1.27 bits per heavy atom. The number of nitrogens with one attached hydrogen (secondary N) is 2. The molecule has 1 aliphatic carbocycles. The average Bonchev–Trinajstić information content (AvgIpc) is 3.19. The number of benzene rings is 1. The molecule has 0 spiro atoms. The quantitative estimate of drug-likeness (QED) is 0.712. The molecule has 1 aliphatic rings. The largest absolute Gasteiger partial charge is 0.480 e. The molecule has 0 saturated heterocycles. The second-order valence-corrected chi connectivity index (χ2v) is 6.36. The van der Waals surface area contributed by atoms with Gasteiger partial charge in [0, 0.05) is 11.4 Å². The first-order valence-electron chi connectivity index (χ1n) is 6.89. The Balaban J connectivity index is 2.06. The molecule has 22 heavy (non-hydrogen) atoms. The lowest BCUT2D eigenvalue weighted by molar-refractivity contribution is -0.143. The molecule has 1 aromatic rings. The zero-order valence-corrected chi connectivity index (χ0v) is 13.6. The van der Waals surface area contributed by atoms with Crippen molar-refractivity contribution < 1.29 is 19.5 Å². The topological polar surface area (TPSA) is 95.5 Å². The number of carboxylic acid groups (broad SMARTS) is 1. The second-order valence-electron chi connectivity index (χ2n) is 5.44. The van der Waals surface area contributed by atoms with Crippen LogP contribution in [0.4, 0.5) is 0 Å². The van der Waals surface area contributed by atoms with Crippen molar-refractivity contribution >= 4 is 33.7 Å². The maximum absolute atomic E-state index is 12.1. The molecule has 1 aromatic carbocycles. The van der Waals surface area contributed by atoms with Gasteiger partial charge in [-0.05, 0) is 30.5 Å². The van der Waals surface area contributed by atoms with E-state index in [1.54, 1.807) is 0 Å². The summed E-state index contributed by atoms with van der Waals surface area (Å²) >= 11 is 3.33. The van der Waals surface area contributed by atoms with Gasteiger partial charge in [0.2, 0.25) is 11.8 Å². The summed E-state index contributed by atoms with van der Waals surface area (Å²) in [6.07, 6.45) is 0.880. The molecular weight excluding hydrogens is 352 g/mol. The van der Waals surface area contributed by atoms with Gasteiger partial charge in [0.25, 0.3) is 0 Å². The third-order valence-electron chi connectivity index (χ3n) is 3.58. The van der Waals surface area contributed by atoms with E-state index in [0.29, 0.717) is 12.8 Å². The van der Waals surface area contributed by atoms with Gasteiger partial charge in [0.05, 0.1) is 12.5 Å². The molecule has 0 aliphatic heterocycles. The molecule has 0 heterocycles. The van der Waals surface area contributed by atoms with Gasteiger partial charge < -0.3 is 15.7 Å². The highest BCUT2D eigenvalue weighted by Crippen LogP contribution is 2.35. The van der Waals surface area contributed by atoms with Crippen LogP contribution in [0.2, 0.25) is 0 Å². The molecule has 0 bridgehead atoms. The first-order chi connectivity index (χ1) is 10.3. The summed E-state index contributed by atoms with van der Waals surface area (Å²) in [5.41, 5.74) is -0.328. The lowest BCUT2D eigenvalue weighted by atomic mass is 10.0. The molecule has 1 saturated carbocycles. The van der Waals surface area contributed by atoms with E-state index in [4.69, 9.17) is 5.11 Å². The van der Waals surface area contributed by atoms with Crippen LogP contribution in [0.5, 0.6) is 0 Å². The number of hydrogen-bond donors (Lipinski definition) is 3. The maximum Gasteiger partial charge on any atom is 0.329 e. The maximum atomic E-state index is 12.1. The van der Waals surface area contributed by atoms with Crippen LogP contribution < -0.4 is 10.6 Å². The molecule has 6 nitrogen and oxygen atoms in total.